The van der Waals surface area contributed by atoms with Gasteiger partial charge in [0, 0.05) is 35.3 Å². The van der Waals surface area contributed by atoms with E-state index in [2.05, 4.69) is 10.1 Å². The molecular weight excluding hydrogens is 410 g/mol. The summed E-state index contributed by atoms with van der Waals surface area (Å²) in [5.74, 6) is -0.744. The van der Waals surface area contributed by atoms with Crippen LogP contribution >= 0.6 is 11.3 Å². The Morgan fingerprint density at radius 2 is 1.84 bits per heavy atom. The smallest absolute Gasteiger partial charge is 0.339 e. The molecule has 4 aromatic rings. The Labute approximate surface area is 184 Å². The molecule has 2 heterocycles. The minimum Gasteiger partial charge on any atom is -0.456 e. The van der Waals surface area contributed by atoms with Crippen molar-refractivity contribution in [2.24, 2.45) is 7.05 Å². The maximum Gasteiger partial charge on any atom is 0.339 e. The van der Waals surface area contributed by atoms with Crippen molar-refractivity contribution in [2.75, 3.05) is 0 Å². The largest absolute Gasteiger partial charge is 0.456 e. The fraction of sp³-hybridized carbons (Fsp3) is 0.167. The summed E-state index contributed by atoms with van der Waals surface area (Å²) >= 11 is 1.46. The Morgan fingerprint density at radius 3 is 2.58 bits per heavy atom. The predicted octanol–water partition coefficient (Wildman–Crippen LogP) is 4.75. The van der Waals surface area contributed by atoms with E-state index in [1.165, 1.54) is 11.3 Å². The first-order chi connectivity index (χ1) is 14.9. The van der Waals surface area contributed by atoms with Crippen molar-refractivity contribution in [1.82, 2.24) is 14.8 Å². The van der Waals surface area contributed by atoms with Gasteiger partial charge in [0.05, 0.1) is 17.5 Å². The number of hydrogen-bond acceptors (Lipinski definition) is 6. The summed E-state index contributed by atoms with van der Waals surface area (Å²) in [6.07, 6.45) is 3.62. The summed E-state index contributed by atoms with van der Waals surface area (Å²) in [6, 6.07) is 12.4. The number of carbonyl (C=O) groups excluding carboxylic acids is 2. The van der Waals surface area contributed by atoms with Crippen LogP contribution in [0, 0.1) is 13.8 Å². The lowest BCUT2D eigenvalue weighted by Gasteiger charge is -2.10. The highest BCUT2D eigenvalue weighted by Gasteiger charge is 2.21. The fourth-order valence-corrected chi connectivity index (χ4v) is 4.02. The zero-order valence-electron chi connectivity index (χ0n) is 17.5. The van der Waals surface area contributed by atoms with Crippen LogP contribution in [0.3, 0.4) is 0 Å². The molecule has 4 rings (SSSR count). The van der Waals surface area contributed by atoms with Gasteiger partial charge >= 0.3 is 5.97 Å². The number of rotatable bonds is 6. The molecule has 0 radical (unpaired) electrons. The Kier molecular flexibility index (Phi) is 5.77. The molecule has 0 aliphatic heterocycles. The molecule has 2 aromatic carbocycles. The highest BCUT2D eigenvalue weighted by molar-refractivity contribution is 7.13. The summed E-state index contributed by atoms with van der Waals surface area (Å²) < 4.78 is 7.19. The van der Waals surface area contributed by atoms with Crippen LogP contribution in [0.4, 0.5) is 0 Å². The number of carbonyl (C=O) groups is 2. The quantitative estimate of drug-likeness (QED) is 0.325. The minimum absolute atomic E-state index is 0.0294. The maximum absolute atomic E-state index is 13.2. The maximum atomic E-state index is 13.2. The van der Waals surface area contributed by atoms with E-state index < -0.39 is 5.97 Å². The van der Waals surface area contributed by atoms with Gasteiger partial charge in [0.15, 0.2) is 5.78 Å². The molecule has 7 heteroatoms. The monoisotopic (exact) mass is 431 g/mol. The Morgan fingerprint density at radius 1 is 1.06 bits per heavy atom. The molecule has 0 spiro atoms. The normalized spacial score (nSPS) is 10.8. The summed E-state index contributed by atoms with van der Waals surface area (Å²) in [5.41, 5.74) is 4.57. The van der Waals surface area contributed by atoms with Gasteiger partial charge in [-0.1, -0.05) is 35.9 Å². The average Bonchev–Trinajstić information content (AvgIpc) is 3.42. The third-order valence-electron chi connectivity index (χ3n) is 4.88. The van der Waals surface area contributed by atoms with Crippen LogP contribution in [0.25, 0.3) is 10.6 Å². The molecule has 0 amide bonds. The number of aryl methyl sites for hydroxylation is 3. The van der Waals surface area contributed by atoms with E-state index in [1.807, 2.05) is 50.7 Å². The van der Waals surface area contributed by atoms with Crippen molar-refractivity contribution in [1.29, 1.82) is 0 Å². The second-order valence-corrected chi connectivity index (χ2v) is 8.17. The zero-order valence-corrected chi connectivity index (χ0v) is 18.3. The Balaban J connectivity index is 1.52. The Bertz CT molecular complexity index is 1270. The van der Waals surface area contributed by atoms with Crippen molar-refractivity contribution in [3.8, 4) is 10.6 Å². The van der Waals surface area contributed by atoms with Crippen LogP contribution in [-0.4, -0.2) is 26.5 Å². The standard InChI is InChI=1S/C24H21N3O3S/c1-15-8-9-16(2)21(10-15)22(28)19-6-4-5-7-20(19)24(29)30-13-18-14-31-23(26-18)17-11-25-27(3)12-17/h4-12,14H,13H2,1-3H3. The molecule has 6 nitrogen and oxygen atoms in total. The first-order valence-electron chi connectivity index (χ1n) is 9.74. The van der Waals surface area contributed by atoms with E-state index in [1.54, 1.807) is 35.1 Å². The number of thiazole rings is 1. The van der Waals surface area contributed by atoms with Crippen molar-refractivity contribution in [2.45, 2.75) is 20.5 Å². The first-order valence-corrected chi connectivity index (χ1v) is 10.6. The van der Waals surface area contributed by atoms with Gasteiger partial charge in [-0.3, -0.25) is 9.48 Å². The van der Waals surface area contributed by atoms with Crippen molar-refractivity contribution >= 4 is 23.1 Å². The lowest BCUT2D eigenvalue weighted by atomic mass is 9.94. The summed E-state index contributed by atoms with van der Waals surface area (Å²) in [6.45, 7) is 3.85. The van der Waals surface area contributed by atoms with Crippen LogP contribution in [0.1, 0.15) is 43.1 Å². The van der Waals surface area contributed by atoms with E-state index in [0.717, 1.165) is 21.7 Å². The minimum atomic E-state index is -0.551. The number of nitrogens with zero attached hydrogens (tertiary/aromatic N) is 3. The third-order valence-corrected chi connectivity index (χ3v) is 5.82. The summed E-state index contributed by atoms with van der Waals surface area (Å²) in [5, 5.41) is 6.80. The van der Waals surface area contributed by atoms with E-state index in [-0.39, 0.29) is 18.0 Å². The van der Waals surface area contributed by atoms with E-state index in [4.69, 9.17) is 4.74 Å². The predicted molar refractivity (Wildman–Crippen MR) is 119 cm³/mol. The van der Waals surface area contributed by atoms with Gasteiger partial charge in [0.1, 0.15) is 11.6 Å². The van der Waals surface area contributed by atoms with Crippen LogP contribution < -0.4 is 0 Å². The molecule has 0 fully saturated rings. The van der Waals surface area contributed by atoms with Crippen molar-refractivity contribution < 1.29 is 14.3 Å². The lowest BCUT2D eigenvalue weighted by Crippen LogP contribution is -2.13. The van der Waals surface area contributed by atoms with Crippen molar-refractivity contribution in [3.05, 3.63) is 93.7 Å². The van der Waals surface area contributed by atoms with Gasteiger partial charge in [-0.2, -0.15) is 5.10 Å². The Hall–Kier alpha value is -3.58. The van der Waals surface area contributed by atoms with Gasteiger partial charge in [-0.15, -0.1) is 11.3 Å². The van der Waals surface area contributed by atoms with Gasteiger partial charge in [0.2, 0.25) is 0 Å². The molecule has 156 valence electrons. The first kappa shape index (κ1) is 20.7. The van der Waals surface area contributed by atoms with E-state index >= 15 is 0 Å². The average molecular weight is 432 g/mol. The number of aromatic nitrogens is 3. The van der Waals surface area contributed by atoms with Crippen LogP contribution in [0.15, 0.2) is 60.2 Å². The summed E-state index contributed by atoms with van der Waals surface area (Å²) in [4.78, 5) is 30.5. The number of ether oxygens (including phenoxy) is 1. The number of hydrogen-bond donors (Lipinski definition) is 0. The molecule has 0 aliphatic carbocycles. The zero-order chi connectivity index (χ0) is 22.0. The van der Waals surface area contributed by atoms with Gasteiger partial charge in [-0.25, -0.2) is 9.78 Å². The van der Waals surface area contributed by atoms with Gasteiger partial charge < -0.3 is 4.74 Å². The van der Waals surface area contributed by atoms with Crippen molar-refractivity contribution in [3.63, 3.8) is 0 Å². The highest BCUT2D eigenvalue weighted by atomic mass is 32.1. The molecule has 0 N–H and O–H groups in total. The summed E-state index contributed by atoms with van der Waals surface area (Å²) in [7, 11) is 1.84. The van der Waals surface area contributed by atoms with Crippen LogP contribution in [-0.2, 0) is 18.4 Å². The molecular formula is C24H21N3O3S. The molecule has 0 saturated carbocycles. The van der Waals surface area contributed by atoms with E-state index in [9.17, 15) is 9.59 Å². The molecule has 0 bridgehead atoms. The molecule has 0 aliphatic rings. The lowest BCUT2D eigenvalue weighted by molar-refractivity contribution is 0.0466. The third kappa shape index (κ3) is 4.46. The van der Waals surface area contributed by atoms with Crippen LogP contribution in [0.5, 0.6) is 0 Å². The number of ketones is 1. The number of esters is 1. The molecule has 31 heavy (non-hydrogen) atoms. The molecule has 0 unspecified atom stereocenters. The van der Waals surface area contributed by atoms with Crippen LogP contribution in [0.2, 0.25) is 0 Å². The molecule has 0 saturated heterocycles. The van der Waals surface area contributed by atoms with Gasteiger partial charge in [-0.05, 0) is 31.5 Å². The van der Waals surface area contributed by atoms with E-state index in [0.29, 0.717) is 16.8 Å². The molecule has 0 atom stereocenters. The number of benzene rings is 2. The fourth-order valence-electron chi connectivity index (χ4n) is 3.24. The van der Waals surface area contributed by atoms with Gasteiger partial charge in [0.25, 0.3) is 0 Å². The second kappa shape index (κ2) is 8.65. The topological polar surface area (TPSA) is 74.1 Å². The second-order valence-electron chi connectivity index (χ2n) is 7.32. The SMILES string of the molecule is Cc1ccc(C)c(C(=O)c2ccccc2C(=O)OCc2csc(-c3cnn(C)c3)n2)c1. The molecule has 2 aromatic heterocycles. The highest BCUT2D eigenvalue weighted by Crippen LogP contribution is 2.24.